The Labute approximate surface area is 80.5 Å². The zero-order chi connectivity index (χ0) is 9.73. The molecule has 1 nitrogen and oxygen atoms in total. The van der Waals surface area contributed by atoms with E-state index in [0.717, 1.165) is 38.5 Å². The van der Waals surface area contributed by atoms with E-state index in [1.165, 1.54) is 0 Å². The molecule has 1 fully saturated rings. The van der Waals surface area contributed by atoms with Crippen LogP contribution in [0.2, 0.25) is 0 Å². The van der Waals surface area contributed by atoms with Crippen molar-refractivity contribution in [2.24, 2.45) is 5.41 Å². The maximum Gasteiger partial charge on any atom is 0.132 e. The van der Waals surface area contributed by atoms with Crippen molar-refractivity contribution in [3.8, 4) is 0 Å². The van der Waals surface area contributed by atoms with Crippen molar-refractivity contribution in [2.45, 2.75) is 38.5 Å². The molecule has 0 bridgehead atoms. The van der Waals surface area contributed by atoms with Crippen molar-refractivity contribution >= 4 is 5.78 Å². The minimum Gasteiger partial charge on any atom is -0.300 e. The second-order valence-corrected chi connectivity index (χ2v) is 4.02. The fraction of sp³-hybridized carbons (Fsp3) is 0.583. The van der Waals surface area contributed by atoms with E-state index in [2.05, 4.69) is 13.2 Å². The highest BCUT2D eigenvalue weighted by molar-refractivity contribution is 5.79. The summed E-state index contributed by atoms with van der Waals surface area (Å²) in [6.07, 6.45) is 9.52. The molecule has 0 radical (unpaired) electrons. The molecule has 0 unspecified atom stereocenters. The predicted octanol–water partition coefficient (Wildman–Crippen LogP) is 3.27. The predicted molar refractivity (Wildman–Crippen MR) is 55.5 cm³/mol. The van der Waals surface area contributed by atoms with Gasteiger partial charge in [-0.1, -0.05) is 12.2 Å². The van der Waals surface area contributed by atoms with Crippen LogP contribution >= 0.6 is 0 Å². The van der Waals surface area contributed by atoms with E-state index >= 15 is 0 Å². The van der Waals surface area contributed by atoms with Crippen molar-refractivity contribution in [2.75, 3.05) is 0 Å². The Bertz CT molecular complexity index is 193. The molecule has 0 N–H and O–H groups in total. The average Bonchev–Trinajstić information content (AvgIpc) is 2.11. The molecule has 72 valence electrons. The highest BCUT2D eigenvalue weighted by Crippen LogP contribution is 2.41. The third-order valence-corrected chi connectivity index (χ3v) is 3.02. The van der Waals surface area contributed by atoms with Gasteiger partial charge in [-0.25, -0.2) is 0 Å². The van der Waals surface area contributed by atoms with Crippen LogP contribution in [0.5, 0.6) is 0 Å². The lowest BCUT2D eigenvalue weighted by Gasteiger charge is -2.35. The van der Waals surface area contributed by atoms with E-state index in [-0.39, 0.29) is 0 Å². The van der Waals surface area contributed by atoms with E-state index in [4.69, 9.17) is 0 Å². The Morgan fingerprint density at radius 3 is 2.00 bits per heavy atom. The topological polar surface area (TPSA) is 17.1 Å². The smallest absolute Gasteiger partial charge is 0.132 e. The molecular formula is C12H18O. The van der Waals surface area contributed by atoms with E-state index in [1.807, 2.05) is 12.2 Å². The lowest BCUT2D eigenvalue weighted by atomic mass is 9.69. The molecule has 0 saturated heterocycles. The van der Waals surface area contributed by atoms with Crippen molar-refractivity contribution < 1.29 is 4.79 Å². The molecule has 0 heterocycles. The first-order valence-corrected chi connectivity index (χ1v) is 4.96. The van der Waals surface area contributed by atoms with Gasteiger partial charge in [-0.05, 0) is 31.1 Å². The molecule has 1 rings (SSSR count). The number of hydrogen-bond donors (Lipinski definition) is 0. The lowest BCUT2D eigenvalue weighted by molar-refractivity contribution is -0.122. The van der Waals surface area contributed by atoms with E-state index in [9.17, 15) is 4.79 Å². The van der Waals surface area contributed by atoms with E-state index in [1.54, 1.807) is 0 Å². The normalized spacial score (nSPS) is 21.1. The zero-order valence-electron chi connectivity index (χ0n) is 8.22. The van der Waals surface area contributed by atoms with Crippen LogP contribution in [0.4, 0.5) is 0 Å². The molecule has 0 amide bonds. The fourth-order valence-corrected chi connectivity index (χ4v) is 2.16. The SMILES string of the molecule is C=CCC1(CC=C)CCC(=O)CC1. The Hall–Kier alpha value is -0.850. The van der Waals surface area contributed by atoms with Crippen LogP contribution < -0.4 is 0 Å². The number of hydrogen-bond acceptors (Lipinski definition) is 1. The van der Waals surface area contributed by atoms with E-state index < -0.39 is 0 Å². The molecule has 0 aliphatic heterocycles. The van der Waals surface area contributed by atoms with E-state index in [0.29, 0.717) is 11.2 Å². The molecule has 1 aliphatic carbocycles. The van der Waals surface area contributed by atoms with Crippen LogP contribution in [-0.4, -0.2) is 5.78 Å². The molecule has 0 aromatic rings. The standard InChI is InChI=1S/C12H18O/c1-3-7-12(8-4-2)9-5-11(13)6-10-12/h3-4H,1-2,5-10H2. The maximum absolute atomic E-state index is 11.1. The van der Waals surface area contributed by atoms with Crippen LogP contribution in [0.3, 0.4) is 0 Å². The maximum atomic E-state index is 11.1. The average molecular weight is 178 g/mol. The van der Waals surface area contributed by atoms with Crippen molar-refractivity contribution in [1.29, 1.82) is 0 Å². The first kappa shape index (κ1) is 10.2. The minimum atomic E-state index is 0.303. The molecule has 1 aliphatic rings. The zero-order valence-corrected chi connectivity index (χ0v) is 8.22. The molecule has 0 atom stereocenters. The second-order valence-electron chi connectivity index (χ2n) is 4.02. The summed E-state index contributed by atoms with van der Waals surface area (Å²) in [5.74, 6) is 0.420. The van der Waals surface area contributed by atoms with Gasteiger partial charge in [0.2, 0.25) is 0 Å². The van der Waals surface area contributed by atoms with Gasteiger partial charge in [-0.15, -0.1) is 13.2 Å². The first-order valence-electron chi connectivity index (χ1n) is 4.96. The van der Waals surface area contributed by atoms with Crippen LogP contribution in [-0.2, 0) is 4.79 Å². The summed E-state index contributed by atoms with van der Waals surface area (Å²) in [6, 6.07) is 0. The van der Waals surface area contributed by atoms with Crippen molar-refractivity contribution in [3.63, 3.8) is 0 Å². The summed E-state index contributed by atoms with van der Waals surface area (Å²) in [5.41, 5.74) is 0.303. The third-order valence-electron chi connectivity index (χ3n) is 3.02. The monoisotopic (exact) mass is 178 g/mol. The number of rotatable bonds is 4. The van der Waals surface area contributed by atoms with Crippen molar-refractivity contribution in [3.05, 3.63) is 25.3 Å². The van der Waals surface area contributed by atoms with Crippen LogP contribution in [0.25, 0.3) is 0 Å². The van der Waals surface area contributed by atoms with Crippen molar-refractivity contribution in [1.82, 2.24) is 0 Å². The van der Waals surface area contributed by atoms with Crippen LogP contribution in [0.1, 0.15) is 38.5 Å². The third kappa shape index (κ3) is 2.55. The largest absolute Gasteiger partial charge is 0.300 e. The van der Waals surface area contributed by atoms with Gasteiger partial charge in [0.05, 0.1) is 0 Å². The number of carbonyl (C=O) groups excluding carboxylic acids is 1. The molecule has 1 saturated carbocycles. The van der Waals surface area contributed by atoms with Gasteiger partial charge in [-0.3, -0.25) is 4.79 Å². The summed E-state index contributed by atoms with van der Waals surface area (Å²) in [4.78, 5) is 11.1. The minimum absolute atomic E-state index is 0.303. The Kier molecular flexibility index (Phi) is 3.47. The summed E-state index contributed by atoms with van der Waals surface area (Å²) in [5, 5.41) is 0. The molecule has 0 spiro atoms. The Morgan fingerprint density at radius 1 is 1.15 bits per heavy atom. The summed E-state index contributed by atoms with van der Waals surface area (Å²) < 4.78 is 0. The van der Waals surface area contributed by atoms with Gasteiger partial charge < -0.3 is 0 Å². The Morgan fingerprint density at radius 2 is 1.62 bits per heavy atom. The number of allylic oxidation sites excluding steroid dienone is 2. The van der Waals surface area contributed by atoms with Crippen LogP contribution in [0.15, 0.2) is 25.3 Å². The highest BCUT2D eigenvalue weighted by Gasteiger charge is 2.32. The molecule has 0 aromatic carbocycles. The summed E-state index contributed by atoms with van der Waals surface area (Å²) >= 11 is 0. The molecular weight excluding hydrogens is 160 g/mol. The van der Waals surface area contributed by atoms with Gasteiger partial charge in [0.15, 0.2) is 0 Å². The van der Waals surface area contributed by atoms with Gasteiger partial charge >= 0.3 is 0 Å². The highest BCUT2D eigenvalue weighted by atomic mass is 16.1. The number of carbonyl (C=O) groups is 1. The summed E-state index contributed by atoms with van der Waals surface area (Å²) in [6.45, 7) is 7.56. The molecule has 1 heteroatoms. The van der Waals surface area contributed by atoms with Crippen LogP contribution in [0, 0.1) is 5.41 Å². The Balaban J connectivity index is 2.61. The van der Waals surface area contributed by atoms with Gasteiger partial charge in [-0.2, -0.15) is 0 Å². The molecule has 13 heavy (non-hydrogen) atoms. The van der Waals surface area contributed by atoms with Gasteiger partial charge in [0.1, 0.15) is 5.78 Å². The quantitative estimate of drug-likeness (QED) is 0.604. The summed E-state index contributed by atoms with van der Waals surface area (Å²) in [7, 11) is 0. The first-order chi connectivity index (χ1) is 6.22. The fourth-order valence-electron chi connectivity index (χ4n) is 2.16. The lowest BCUT2D eigenvalue weighted by Crippen LogP contribution is -2.26. The number of Topliss-reactive ketones (excluding diaryl/α,β-unsaturated/α-hetero) is 1. The second kappa shape index (κ2) is 4.40. The van der Waals surface area contributed by atoms with Gasteiger partial charge in [0, 0.05) is 12.8 Å². The van der Waals surface area contributed by atoms with Gasteiger partial charge in [0.25, 0.3) is 0 Å². The number of ketones is 1. The molecule has 0 aromatic heterocycles.